The number of carboxylic acid groups (broad SMARTS) is 2. The second kappa shape index (κ2) is 49.5. The van der Waals surface area contributed by atoms with E-state index in [-0.39, 0.29) is 102 Å². The largest absolute Gasteiger partial charge is 0.508 e. The fourth-order valence-corrected chi connectivity index (χ4v) is 17.2. The number of aliphatic carboxylic acids is 2. The van der Waals surface area contributed by atoms with E-state index in [0.29, 0.717) is 63.1 Å². The highest BCUT2D eigenvalue weighted by Crippen LogP contribution is 2.28. The number of carboxylic acids is 2. The molecule has 0 unspecified atom stereocenters. The van der Waals surface area contributed by atoms with E-state index in [2.05, 4.69) is 63.1 Å². The second-order valence-corrected chi connectivity index (χ2v) is 35.1. The summed E-state index contributed by atoms with van der Waals surface area (Å²) in [4.78, 5) is 298. The molecule has 3 saturated heterocycles. The van der Waals surface area contributed by atoms with Gasteiger partial charge in [-0.1, -0.05) is 102 Å². The third-order valence-electron chi connectivity index (χ3n) is 23.6. The number of hydrogen-bond donors (Lipinski definition) is 18. The number of aromatic hydroxyl groups is 1. The lowest BCUT2D eigenvalue weighted by Crippen LogP contribution is -2.61. The van der Waals surface area contributed by atoms with Crippen LogP contribution < -0.4 is 70.4 Å². The number of phenols is 1. The van der Waals surface area contributed by atoms with E-state index in [1.165, 1.54) is 57.2 Å². The molecule has 3 aromatic carbocycles. The Balaban J connectivity index is 1.20. The number of aromatic amines is 2. The number of para-hydroxylation sites is 2. The summed E-state index contributed by atoms with van der Waals surface area (Å²) in [5.74, 6) is -23.2. The average Bonchev–Trinajstić information content (AvgIpc) is 1.65. The van der Waals surface area contributed by atoms with Crippen molar-refractivity contribution >= 4 is 152 Å². The summed E-state index contributed by atoms with van der Waals surface area (Å²) in [5, 5.41) is 57.3. The highest BCUT2D eigenvalue weighted by Gasteiger charge is 2.46. The van der Waals surface area contributed by atoms with Gasteiger partial charge in [-0.3, -0.25) is 95.9 Å². The van der Waals surface area contributed by atoms with Gasteiger partial charge in [0.15, 0.2) is 0 Å². The minimum atomic E-state index is -2.05. The van der Waals surface area contributed by atoms with E-state index in [9.17, 15) is 77.6 Å². The number of unbranched alkanes of at least 4 members (excludes halogenated alkanes) is 2. The molecule has 0 spiro atoms. The monoisotopic (exact) mass is 1870 g/mol. The second-order valence-electron chi connectivity index (χ2n) is 34.0. The van der Waals surface area contributed by atoms with Crippen molar-refractivity contribution < 1.29 is 111 Å². The lowest BCUT2D eigenvalue weighted by atomic mass is 9.99. The van der Waals surface area contributed by atoms with Crippen LogP contribution in [0.25, 0.3) is 21.8 Å². The number of carbonyl (C=O) groups excluding carboxylic acids is 18. The Morgan fingerprint density at radius 2 is 0.932 bits per heavy atom. The number of hydrogen-bond acceptors (Lipinski definition) is 22. The van der Waals surface area contributed by atoms with Crippen molar-refractivity contribution in [1.29, 1.82) is 0 Å². The number of rotatable bonds is 26. The number of thioether (sulfide) groups is 1. The molecule has 14 atom stereocenters. The van der Waals surface area contributed by atoms with Gasteiger partial charge < -0.3 is 120 Å². The van der Waals surface area contributed by atoms with Crippen molar-refractivity contribution in [3.05, 3.63) is 102 Å². The summed E-state index contributed by atoms with van der Waals surface area (Å²) >= 11 is 0.690. The number of nitrogens with zero attached hydrogens (tertiary/aromatic N) is 5. The van der Waals surface area contributed by atoms with Crippen LogP contribution in [-0.2, 0) is 115 Å². The number of amides is 18. The maximum Gasteiger partial charge on any atom is 0.305 e. The molecule has 21 N–H and O–H groups in total. The van der Waals surface area contributed by atoms with Gasteiger partial charge in [-0.05, 0) is 105 Å². The Bertz CT molecular complexity index is 5100. The van der Waals surface area contributed by atoms with E-state index in [1.807, 2.05) is 0 Å². The van der Waals surface area contributed by atoms with Crippen molar-refractivity contribution in [2.24, 2.45) is 23.1 Å². The molecule has 5 heterocycles. The Kier molecular flexibility index (Phi) is 39.0. The number of phenolic OH excluding ortho intramolecular Hbond substituents is 1. The standard InChI is InChI=1S/C89H122N20O23S/c1-9-11-23-66-82(125)97-57(31-32-74(115)116)78(121)104-65(77(120)95-44-72(92)113)45-133-46-73(114)96-62(36-49-27-29-52(110)30-28-49)85(128)105(6)48(5)76(119)101-64(40-71(91)112)88(131)109-34-18-26-68(109)84(127)100-59(39-70(90)111)80(123)102-61(35-47(3)4)87(130)108-33-17-25-67(108)83(126)99-58(37-50-42-93-55-21-15-13-19-53(50)55)79(122)98-60(41-75(117)118)81(124)103-63(38-51-43-94-56-22-16-14-20-54(51)56)86(129)107(8)69(24-12-10-2)89(132)106(66)7/h13-16,19-22,27-30,42-43,47-48,57-69,93-94,110H,9-12,17-18,23-26,31-41,44-46H2,1-8H3,(H2,90,111)(H2,91,112)(H2,92,113)(H,95,120)(H,96,114)(H,97,125)(H,98,122)(H,99,126)(H,100,127)(H,101,119)(H,102,123)(H,103,124)(H,104,121)(H,115,116)(H,117,118)/t48-,57-,58-,59-,60-,61-,62-,63-,64+,65-,66-,67-,68-,69-/m0/s1. The number of nitrogens with one attached hydrogen (secondary N) is 12. The zero-order valence-electron chi connectivity index (χ0n) is 75.6. The van der Waals surface area contributed by atoms with Crippen molar-refractivity contribution in [2.45, 2.75) is 241 Å². The first kappa shape index (κ1) is 105. The highest BCUT2D eigenvalue weighted by atomic mass is 32.2. The number of aromatic nitrogens is 2. The number of likely N-dealkylation sites (N-methyl/N-ethyl adjacent to an activating group) is 3. The molecule has 44 heteroatoms. The van der Waals surface area contributed by atoms with E-state index < -0.39 is 253 Å². The van der Waals surface area contributed by atoms with Crippen LogP contribution in [0.4, 0.5) is 0 Å². The van der Waals surface area contributed by atoms with Crippen LogP contribution >= 0.6 is 11.8 Å². The van der Waals surface area contributed by atoms with Gasteiger partial charge in [-0.2, -0.15) is 0 Å². The van der Waals surface area contributed by atoms with E-state index in [1.54, 1.807) is 88.6 Å². The van der Waals surface area contributed by atoms with Gasteiger partial charge >= 0.3 is 11.9 Å². The zero-order chi connectivity index (χ0) is 97.8. The number of nitrogens with two attached hydrogens (primary N) is 3. The Labute approximate surface area is 771 Å². The summed E-state index contributed by atoms with van der Waals surface area (Å²) in [6.45, 7) is 7.19. The summed E-state index contributed by atoms with van der Waals surface area (Å²) < 4.78 is 0. The molecule has 3 aliphatic heterocycles. The maximum atomic E-state index is 15.7. The van der Waals surface area contributed by atoms with E-state index in [0.717, 1.165) is 19.6 Å². The molecule has 5 aromatic rings. The van der Waals surface area contributed by atoms with Gasteiger partial charge in [-0.25, -0.2) is 0 Å². The van der Waals surface area contributed by atoms with Gasteiger partial charge in [-0.15, -0.1) is 11.8 Å². The van der Waals surface area contributed by atoms with Crippen LogP contribution in [0.2, 0.25) is 0 Å². The zero-order valence-corrected chi connectivity index (χ0v) is 76.4. The number of benzene rings is 3. The van der Waals surface area contributed by atoms with Gasteiger partial charge in [0.2, 0.25) is 106 Å². The predicted octanol–water partition coefficient (Wildman–Crippen LogP) is -1.91. The summed E-state index contributed by atoms with van der Waals surface area (Å²) in [5.41, 5.74) is 19.2. The van der Waals surface area contributed by atoms with Crippen molar-refractivity contribution in [1.82, 2.24) is 87.6 Å². The fraction of sp³-hybridized carbons (Fsp3) is 0.528. The van der Waals surface area contributed by atoms with Crippen LogP contribution in [0.1, 0.15) is 154 Å². The molecule has 43 nitrogen and oxygen atoms in total. The van der Waals surface area contributed by atoms with Gasteiger partial charge in [0.1, 0.15) is 90.3 Å². The minimum absolute atomic E-state index is 0.0220. The Morgan fingerprint density at radius 1 is 0.474 bits per heavy atom. The van der Waals surface area contributed by atoms with E-state index >= 15 is 33.6 Å². The average molecular weight is 1870 g/mol. The number of H-pyrrole nitrogens is 2. The Morgan fingerprint density at radius 3 is 1.47 bits per heavy atom. The van der Waals surface area contributed by atoms with Gasteiger partial charge in [0, 0.05) is 99.9 Å². The van der Waals surface area contributed by atoms with Crippen LogP contribution in [0.5, 0.6) is 5.75 Å². The van der Waals surface area contributed by atoms with Gasteiger partial charge in [0.05, 0.1) is 31.6 Å². The number of fused-ring (bicyclic) bond motifs is 4. The molecule has 2 aromatic heterocycles. The lowest BCUT2D eigenvalue weighted by Gasteiger charge is -2.36. The SMILES string of the molecule is CCCC[C@H]1C(=O)N(C)[C@@H](CCCC)C(=O)N[C@@H](CCC(=O)O)C(=O)N[C@H](C(=O)NCC(N)=O)CSCC(=O)N[C@@H](Cc2ccc(O)cc2)C(=O)N(C)[C@@H](C)C(=O)N[C@H](CC(N)=O)C(=O)N2CCC[C@H]2C(=O)N[C@@H](CC(N)=O)C(=O)N[C@@H](CC(C)C)C(=O)N2CCC[C@H]2C(=O)N[C@@H](Cc2c[nH]c3ccccc23)C(=O)N[C@@H](CC(=O)O)C(=O)N[C@@H](Cc2c[nH]c3ccccc23)C(=O)N1C. The predicted molar refractivity (Wildman–Crippen MR) is 483 cm³/mol. The smallest absolute Gasteiger partial charge is 0.305 e. The van der Waals surface area contributed by atoms with Crippen molar-refractivity contribution in [2.75, 3.05) is 52.3 Å². The molecule has 3 fully saturated rings. The maximum absolute atomic E-state index is 15.7. The molecule has 133 heavy (non-hydrogen) atoms. The van der Waals surface area contributed by atoms with Crippen LogP contribution in [-0.4, -0.2) is 305 Å². The highest BCUT2D eigenvalue weighted by molar-refractivity contribution is 8.00. The summed E-state index contributed by atoms with van der Waals surface area (Å²) in [7, 11) is 3.72. The molecule has 0 bridgehead atoms. The molecule has 0 radical (unpaired) electrons. The topological polar surface area (TPSA) is 648 Å². The molecule has 8 rings (SSSR count). The van der Waals surface area contributed by atoms with Gasteiger partial charge in [0.25, 0.3) is 0 Å². The Hall–Kier alpha value is -13.7. The molecule has 722 valence electrons. The molecular weight excluding hydrogens is 1750 g/mol. The third kappa shape index (κ3) is 29.6. The van der Waals surface area contributed by atoms with Crippen LogP contribution in [0.3, 0.4) is 0 Å². The van der Waals surface area contributed by atoms with Crippen LogP contribution in [0, 0.1) is 5.92 Å². The number of primary amides is 3. The normalized spacial score (nSPS) is 24.4. The van der Waals surface area contributed by atoms with Crippen molar-refractivity contribution in [3.8, 4) is 5.75 Å². The molecule has 3 aliphatic rings. The van der Waals surface area contributed by atoms with E-state index in [4.69, 9.17) is 17.2 Å². The molecular formula is C89H122N20O23S. The van der Waals surface area contributed by atoms with Crippen molar-refractivity contribution in [3.63, 3.8) is 0 Å². The third-order valence-corrected chi connectivity index (χ3v) is 24.6. The first-order valence-electron chi connectivity index (χ1n) is 44.2. The van der Waals surface area contributed by atoms with Crippen LogP contribution in [0.15, 0.2) is 85.2 Å². The first-order valence-corrected chi connectivity index (χ1v) is 45.4. The summed E-state index contributed by atoms with van der Waals surface area (Å²) in [6.07, 6.45) is -0.865. The quantitative estimate of drug-likeness (QED) is 0.0287. The number of carbonyl (C=O) groups is 20. The first-order chi connectivity index (χ1) is 63.1. The minimum Gasteiger partial charge on any atom is -0.508 e. The summed E-state index contributed by atoms with van der Waals surface area (Å²) in [6, 6.07) is -3.82. The molecule has 18 amide bonds. The molecule has 0 aliphatic carbocycles. The fourth-order valence-electron chi connectivity index (χ4n) is 16.3. The lowest BCUT2D eigenvalue weighted by molar-refractivity contribution is -0.149. The molecule has 0 saturated carbocycles.